The molecule has 1 aliphatic heterocycles. The van der Waals surface area contributed by atoms with E-state index in [1.54, 1.807) is 0 Å². The number of nitrogens with zero attached hydrogens (tertiary/aromatic N) is 1. The smallest absolute Gasteiger partial charge is 0.417 e. The Balaban J connectivity index is 1.99. The minimum atomic E-state index is -4.49. The summed E-state index contributed by atoms with van der Waals surface area (Å²) < 4.78 is 42.4. The van der Waals surface area contributed by atoms with Gasteiger partial charge in [0.05, 0.1) is 11.6 Å². The number of carbonyl (C=O) groups excluding carboxylic acids is 1. The monoisotopic (exact) mass is 294 g/mol. The first-order valence-electron chi connectivity index (χ1n) is 5.51. The van der Waals surface area contributed by atoms with Crippen molar-refractivity contribution in [1.29, 1.82) is 0 Å². The molecular weight excluding hydrogens is 285 g/mol. The molecule has 19 heavy (non-hydrogen) atoms. The number of carbonyl (C=O) groups is 1. The van der Waals surface area contributed by atoms with Crippen LogP contribution in [0, 0.1) is 0 Å². The Hall–Kier alpha value is -1.50. The molecular formula is C11H10ClF3N2O2. The Kier molecular flexibility index (Phi) is 3.84. The molecule has 0 radical (unpaired) electrons. The highest BCUT2D eigenvalue weighted by Gasteiger charge is 2.32. The van der Waals surface area contributed by atoms with Crippen LogP contribution in [0.1, 0.15) is 18.4 Å². The summed E-state index contributed by atoms with van der Waals surface area (Å²) in [4.78, 5) is 14.5. The van der Waals surface area contributed by atoms with Crippen molar-refractivity contribution in [3.8, 4) is 5.88 Å². The third-order valence-corrected chi connectivity index (χ3v) is 2.91. The van der Waals surface area contributed by atoms with Crippen LogP contribution in [0.15, 0.2) is 12.3 Å². The van der Waals surface area contributed by atoms with E-state index in [9.17, 15) is 18.0 Å². The number of nitrogens with one attached hydrogen (secondary N) is 1. The third kappa shape index (κ3) is 3.50. The molecule has 8 heteroatoms. The summed E-state index contributed by atoms with van der Waals surface area (Å²) in [6.45, 7) is 0.129. The number of rotatable bonds is 3. The molecule has 0 aromatic carbocycles. The second kappa shape index (κ2) is 5.24. The van der Waals surface area contributed by atoms with Gasteiger partial charge in [-0.15, -0.1) is 0 Å². The first kappa shape index (κ1) is 13.9. The largest absolute Gasteiger partial charge is 0.474 e. The van der Waals surface area contributed by atoms with Gasteiger partial charge in [-0.3, -0.25) is 4.79 Å². The zero-order chi connectivity index (χ0) is 14.0. The van der Waals surface area contributed by atoms with Gasteiger partial charge in [-0.2, -0.15) is 13.2 Å². The SMILES string of the molecule is O=C1CCC(COc2ncc(C(F)(F)F)cc2Cl)N1. The van der Waals surface area contributed by atoms with E-state index in [1.165, 1.54) is 0 Å². The van der Waals surface area contributed by atoms with Crippen molar-refractivity contribution in [3.63, 3.8) is 0 Å². The molecule has 0 spiro atoms. The molecule has 1 atom stereocenters. The number of hydrogen-bond donors (Lipinski definition) is 1. The lowest BCUT2D eigenvalue weighted by Gasteiger charge is -2.13. The Bertz CT molecular complexity index is 493. The van der Waals surface area contributed by atoms with Gasteiger partial charge < -0.3 is 10.1 Å². The predicted molar refractivity (Wildman–Crippen MR) is 60.9 cm³/mol. The molecule has 1 amide bonds. The minimum Gasteiger partial charge on any atom is -0.474 e. The van der Waals surface area contributed by atoms with Crippen LogP contribution in [0.2, 0.25) is 5.02 Å². The molecule has 2 heterocycles. The van der Waals surface area contributed by atoms with E-state index in [0.29, 0.717) is 19.0 Å². The molecule has 1 saturated heterocycles. The second-order valence-electron chi connectivity index (χ2n) is 4.12. The number of amides is 1. The highest BCUT2D eigenvalue weighted by molar-refractivity contribution is 6.31. The lowest BCUT2D eigenvalue weighted by molar-refractivity contribution is -0.137. The van der Waals surface area contributed by atoms with E-state index >= 15 is 0 Å². The summed E-state index contributed by atoms with van der Waals surface area (Å²) in [5.74, 6) is -0.143. The van der Waals surface area contributed by atoms with E-state index in [-0.39, 0.29) is 29.5 Å². The summed E-state index contributed by atoms with van der Waals surface area (Å²) in [5, 5.41) is 2.46. The summed E-state index contributed by atoms with van der Waals surface area (Å²) >= 11 is 5.67. The van der Waals surface area contributed by atoms with Crippen LogP contribution >= 0.6 is 11.6 Å². The van der Waals surface area contributed by atoms with Crippen molar-refractivity contribution in [2.45, 2.75) is 25.1 Å². The van der Waals surface area contributed by atoms with Gasteiger partial charge in [0.25, 0.3) is 0 Å². The number of aromatic nitrogens is 1. The molecule has 0 bridgehead atoms. The van der Waals surface area contributed by atoms with Gasteiger partial charge in [0.1, 0.15) is 11.6 Å². The van der Waals surface area contributed by atoms with Gasteiger partial charge in [-0.05, 0) is 12.5 Å². The van der Waals surface area contributed by atoms with Crippen molar-refractivity contribution >= 4 is 17.5 Å². The van der Waals surface area contributed by atoms with E-state index in [1.807, 2.05) is 0 Å². The van der Waals surface area contributed by atoms with Crippen LogP contribution < -0.4 is 10.1 Å². The summed E-state index contributed by atoms with van der Waals surface area (Å²) in [7, 11) is 0. The predicted octanol–water partition coefficient (Wildman–Crippen LogP) is 2.41. The maximum atomic E-state index is 12.4. The van der Waals surface area contributed by atoms with E-state index < -0.39 is 11.7 Å². The van der Waals surface area contributed by atoms with Crippen LogP contribution in [0.5, 0.6) is 5.88 Å². The molecule has 0 aliphatic carbocycles. The second-order valence-corrected chi connectivity index (χ2v) is 4.53. The molecule has 1 fully saturated rings. The van der Waals surface area contributed by atoms with Crippen LogP contribution in [0.3, 0.4) is 0 Å². The van der Waals surface area contributed by atoms with Crippen molar-refractivity contribution in [2.24, 2.45) is 0 Å². The molecule has 1 aromatic rings. The Morgan fingerprint density at radius 2 is 2.26 bits per heavy atom. The highest BCUT2D eigenvalue weighted by atomic mass is 35.5. The molecule has 4 nitrogen and oxygen atoms in total. The Labute approximate surface area is 111 Å². The van der Waals surface area contributed by atoms with Crippen LogP contribution in [0.25, 0.3) is 0 Å². The van der Waals surface area contributed by atoms with Gasteiger partial charge in [0, 0.05) is 12.6 Å². The van der Waals surface area contributed by atoms with Gasteiger partial charge in [-0.25, -0.2) is 4.98 Å². The number of pyridine rings is 1. The van der Waals surface area contributed by atoms with E-state index in [2.05, 4.69) is 10.3 Å². The average Bonchev–Trinajstić information content (AvgIpc) is 2.72. The average molecular weight is 295 g/mol. The van der Waals surface area contributed by atoms with E-state index in [0.717, 1.165) is 6.07 Å². The zero-order valence-corrected chi connectivity index (χ0v) is 10.4. The van der Waals surface area contributed by atoms with Gasteiger partial charge >= 0.3 is 6.18 Å². The topological polar surface area (TPSA) is 51.2 Å². The molecule has 1 unspecified atom stereocenters. The molecule has 1 N–H and O–H groups in total. The third-order valence-electron chi connectivity index (χ3n) is 2.64. The van der Waals surface area contributed by atoms with E-state index in [4.69, 9.17) is 16.3 Å². The normalized spacial score (nSPS) is 19.4. The van der Waals surface area contributed by atoms with Crippen molar-refractivity contribution in [1.82, 2.24) is 10.3 Å². The molecule has 2 rings (SSSR count). The number of halogens is 4. The maximum Gasteiger partial charge on any atom is 0.417 e. The first-order valence-corrected chi connectivity index (χ1v) is 5.89. The lowest BCUT2D eigenvalue weighted by atomic mass is 10.2. The Morgan fingerprint density at radius 1 is 1.53 bits per heavy atom. The fourth-order valence-electron chi connectivity index (χ4n) is 1.67. The molecule has 104 valence electrons. The summed E-state index contributed by atoms with van der Waals surface area (Å²) in [5.41, 5.74) is -0.931. The first-order chi connectivity index (χ1) is 8.86. The fourth-order valence-corrected chi connectivity index (χ4v) is 1.89. The molecule has 0 saturated carbocycles. The van der Waals surface area contributed by atoms with Gasteiger partial charge in [-0.1, -0.05) is 11.6 Å². The van der Waals surface area contributed by atoms with Crippen molar-refractivity contribution < 1.29 is 22.7 Å². The summed E-state index contributed by atoms with van der Waals surface area (Å²) in [6.07, 6.45) is -2.79. The lowest BCUT2D eigenvalue weighted by Crippen LogP contribution is -2.31. The minimum absolute atomic E-state index is 0.0694. The number of alkyl halides is 3. The maximum absolute atomic E-state index is 12.4. The van der Waals surface area contributed by atoms with Crippen LogP contribution in [-0.2, 0) is 11.0 Å². The number of ether oxygens (including phenoxy) is 1. The standard InChI is InChI=1S/C11H10ClF3N2O2/c12-8-3-6(11(13,14)15)4-16-10(8)19-5-7-1-2-9(18)17-7/h3-4,7H,1-2,5H2,(H,17,18). The summed E-state index contributed by atoms with van der Waals surface area (Å²) in [6, 6.07) is 0.601. The zero-order valence-electron chi connectivity index (χ0n) is 9.63. The van der Waals surface area contributed by atoms with Crippen molar-refractivity contribution in [3.05, 3.63) is 22.8 Å². The van der Waals surface area contributed by atoms with Crippen LogP contribution in [0.4, 0.5) is 13.2 Å². The fraction of sp³-hybridized carbons (Fsp3) is 0.455. The highest BCUT2D eigenvalue weighted by Crippen LogP contribution is 2.33. The van der Waals surface area contributed by atoms with Gasteiger partial charge in [0.15, 0.2) is 0 Å². The quantitative estimate of drug-likeness (QED) is 0.931. The molecule has 1 aliphatic rings. The Morgan fingerprint density at radius 3 is 2.79 bits per heavy atom. The van der Waals surface area contributed by atoms with Gasteiger partial charge in [0.2, 0.25) is 11.8 Å². The number of hydrogen-bond acceptors (Lipinski definition) is 3. The van der Waals surface area contributed by atoms with Crippen LogP contribution in [-0.4, -0.2) is 23.5 Å². The molecule has 1 aromatic heterocycles. The van der Waals surface area contributed by atoms with Crippen molar-refractivity contribution in [2.75, 3.05) is 6.61 Å².